The first-order valence-electron chi connectivity index (χ1n) is 36.5. The molecule has 0 radical (unpaired) electrons. The van der Waals surface area contributed by atoms with Crippen molar-refractivity contribution in [1.82, 2.24) is 5.32 Å². The molecule has 0 spiro atoms. The van der Waals surface area contributed by atoms with Crippen LogP contribution in [0.2, 0.25) is 0 Å². The molecule has 9 heteroatoms. The van der Waals surface area contributed by atoms with Crippen molar-refractivity contribution in [3.8, 4) is 0 Å². The van der Waals surface area contributed by atoms with Crippen molar-refractivity contribution in [3.63, 3.8) is 0 Å². The third-order valence-corrected chi connectivity index (χ3v) is 16.9. The van der Waals surface area contributed by atoms with E-state index in [0.29, 0.717) is 6.42 Å². The number of aliphatic hydroxyl groups excluding tert-OH is 5. The Balaban J connectivity index is 2.14. The minimum atomic E-state index is -1.58. The first-order valence-corrected chi connectivity index (χ1v) is 36.5. The summed E-state index contributed by atoms with van der Waals surface area (Å²) < 4.78 is 11.3. The summed E-state index contributed by atoms with van der Waals surface area (Å²) in [5.74, 6) is -0.188. The van der Waals surface area contributed by atoms with Crippen LogP contribution in [0.1, 0.15) is 328 Å². The zero-order valence-electron chi connectivity index (χ0n) is 55.8. The molecule has 6 N–H and O–H groups in total. The second-order valence-corrected chi connectivity index (χ2v) is 25.0. The Kier molecular flexibility index (Phi) is 61.4. The van der Waals surface area contributed by atoms with Crippen molar-refractivity contribution in [2.24, 2.45) is 0 Å². The van der Waals surface area contributed by atoms with Gasteiger partial charge in [0.05, 0.1) is 25.4 Å². The van der Waals surface area contributed by atoms with Crippen LogP contribution in [0.25, 0.3) is 0 Å². The highest BCUT2D eigenvalue weighted by Crippen LogP contribution is 2.23. The number of hydrogen-bond acceptors (Lipinski definition) is 8. The summed E-state index contributed by atoms with van der Waals surface area (Å²) in [6.07, 6.45) is 88.1. The second-order valence-electron chi connectivity index (χ2n) is 25.0. The number of carbonyl (C=O) groups is 1. The maximum atomic E-state index is 13.1. The lowest BCUT2D eigenvalue weighted by atomic mass is 9.99. The van der Waals surface area contributed by atoms with Gasteiger partial charge in [0.15, 0.2) is 6.29 Å². The van der Waals surface area contributed by atoms with Crippen LogP contribution in [0.4, 0.5) is 0 Å². The molecule has 1 aliphatic rings. The van der Waals surface area contributed by atoms with Crippen LogP contribution in [0, 0.1) is 0 Å². The fourth-order valence-electron chi connectivity index (χ4n) is 11.2. The van der Waals surface area contributed by atoms with Gasteiger partial charge in [0.2, 0.25) is 5.91 Å². The SMILES string of the molecule is CC/C=C\C/C=C\C/C=C\C/C=C\C/C=C\CCCCCCCCCCCCCCCCCCCCCC(=O)NC(COC1OC(CO)C(O)C(O)C1O)C(O)/C=C/CC/C=C/CC/C=C/CCCCCCCCCCCCCCCCCCCC. The smallest absolute Gasteiger partial charge is 0.220 e. The van der Waals surface area contributed by atoms with E-state index < -0.39 is 49.5 Å². The lowest BCUT2D eigenvalue weighted by Crippen LogP contribution is -2.60. The van der Waals surface area contributed by atoms with Gasteiger partial charge in [-0.3, -0.25) is 4.79 Å². The summed E-state index contributed by atoms with van der Waals surface area (Å²) in [5, 5.41) is 54.8. The van der Waals surface area contributed by atoms with Crippen LogP contribution < -0.4 is 5.32 Å². The molecule has 0 aromatic carbocycles. The first kappa shape index (κ1) is 81.1. The van der Waals surface area contributed by atoms with Crippen molar-refractivity contribution >= 4 is 5.91 Å². The van der Waals surface area contributed by atoms with Crippen molar-refractivity contribution in [3.05, 3.63) is 97.2 Å². The number of hydrogen-bond donors (Lipinski definition) is 6. The number of ether oxygens (including phenoxy) is 2. The molecular weight excluding hydrogens is 1070 g/mol. The summed E-state index contributed by atoms with van der Waals surface area (Å²) in [6.45, 7) is 3.68. The molecule has 0 bridgehead atoms. The summed E-state index contributed by atoms with van der Waals surface area (Å²) in [7, 11) is 0. The van der Waals surface area contributed by atoms with Crippen molar-refractivity contribution < 1.29 is 39.8 Å². The summed E-state index contributed by atoms with van der Waals surface area (Å²) in [5.41, 5.74) is 0. The Hall–Kier alpha value is -2.89. The van der Waals surface area contributed by atoms with Gasteiger partial charge in [-0.1, -0.05) is 329 Å². The zero-order valence-corrected chi connectivity index (χ0v) is 55.8. The Morgan fingerprint density at radius 1 is 0.407 bits per heavy atom. The predicted octanol–water partition coefficient (Wildman–Crippen LogP) is 20.3. The lowest BCUT2D eigenvalue weighted by Gasteiger charge is -2.40. The van der Waals surface area contributed by atoms with Gasteiger partial charge >= 0.3 is 0 Å². The normalized spacial score (nSPS) is 18.6. The average molecular weight is 1200 g/mol. The summed E-state index contributed by atoms with van der Waals surface area (Å²) in [6, 6.07) is -0.834. The van der Waals surface area contributed by atoms with Crippen LogP contribution in [-0.2, 0) is 14.3 Å². The number of nitrogens with one attached hydrogen (secondary N) is 1. The van der Waals surface area contributed by atoms with E-state index in [1.54, 1.807) is 6.08 Å². The molecule has 1 rings (SSSR count). The minimum Gasteiger partial charge on any atom is -0.394 e. The molecule has 0 aromatic heterocycles. The molecule has 0 saturated carbocycles. The highest BCUT2D eigenvalue weighted by molar-refractivity contribution is 5.76. The number of aliphatic hydroxyl groups is 5. The quantitative estimate of drug-likeness (QED) is 0.0261. The van der Waals surface area contributed by atoms with E-state index in [-0.39, 0.29) is 12.5 Å². The van der Waals surface area contributed by atoms with E-state index in [4.69, 9.17) is 9.47 Å². The third-order valence-electron chi connectivity index (χ3n) is 16.9. The molecule has 1 heterocycles. The maximum Gasteiger partial charge on any atom is 0.220 e. The Morgan fingerprint density at radius 2 is 0.733 bits per heavy atom. The van der Waals surface area contributed by atoms with Crippen LogP contribution in [0.15, 0.2) is 97.2 Å². The fraction of sp³-hybridized carbons (Fsp3) is 0.779. The molecule has 1 aliphatic heterocycles. The largest absolute Gasteiger partial charge is 0.394 e. The Labute approximate surface area is 530 Å². The fourth-order valence-corrected chi connectivity index (χ4v) is 11.2. The summed E-state index contributed by atoms with van der Waals surface area (Å²) >= 11 is 0. The van der Waals surface area contributed by atoms with Gasteiger partial charge in [-0.2, -0.15) is 0 Å². The van der Waals surface area contributed by atoms with E-state index >= 15 is 0 Å². The van der Waals surface area contributed by atoms with Gasteiger partial charge < -0.3 is 40.3 Å². The Bertz CT molecular complexity index is 1680. The number of allylic oxidation sites excluding steroid dienone is 15. The molecular formula is C77H137NO8. The van der Waals surface area contributed by atoms with E-state index in [2.05, 4.69) is 104 Å². The van der Waals surface area contributed by atoms with E-state index in [1.807, 2.05) is 6.08 Å². The van der Waals surface area contributed by atoms with Crippen molar-refractivity contribution in [1.29, 1.82) is 0 Å². The maximum absolute atomic E-state index is 13.1. The number of amides is 1. The third kappa shape index (κ3) is 53.0. The summed E-state index contributed by atoms with van der Waals surface area (Å²) in [4.78, 5) is 13.1. The molecule has 7 atom stereocenters. The molecule has 1 amide bonds. The molecule has 86 heavy (non-hydrogen) atoms. The molecule has 0 aliphatic carbocycles. The van der Waals surface area contributed by atoms with Crippen molar-refractivity contribution in [2.45, 2.75) is 371 Å². The van der Waals surface area contributed by atoms with Crippen LogP contribution >= 0.6 is 0 Å². The number of rotatable bonds is 63. The molecule has 1 saturated heterocycles. The van der Waals surface area contributed by atoms with Crippen LogP contribution in [0.5, 0.6) is 0 Å². The topological polar surface area (TPSA) is 149 Å². The van der Waals surface area contributed by atoms with Crippen LogP contribution in [-0.4, -0.2) is 87.5 Å². The highest BCUT2D eigenvalue weighted by atomic mass is 16.7. The van der Waals surface area contributed by atoms with Crippen molar-refractivity contribution in [2.75, 3.05) is 13.2 Å². The predicted molar refractivity (Wildman–Crippen MR) is 368 cm³/mol. The monoisotopic (exact) mass is 1200 g/mol. The number of unbranched alkanes of at least 4 members (excludes halogenated alkanes) is 39. The van der Waals surface area contributed by atoms with Gasteiger partial charge in [0.25, 0.3) is 0 Å². The average Bonchev–Trinajstić information content (AvgIpc) is 3.65. The first-order chi connectivity index (χ1) is 42.3. The van der Waals surface area contributed by atoms with Gasteiger partial charge in [-0.15, -0.1) is 0 Å². The van der Waals surface area contributed by atoms with Gasteiger partial charge in [-0.05, 0) is 89.9 Å². The van der Waals surface area contributed by atoms with E-state index in [9.17, 15) is 30.3 Å². The van der Waals surface area contributed by atoms with Gasteiger partial charge in [-0.25, -0.2) is 0 Å². The Morgan fingerprint density at radius 3 is 1.12 bits per heavy atom. The molecule has 1 fully saturated rings. The molecule has 7 unspecified atom stereocenters. The molecule has 498 valence electrons. The minimum absolute atomic E-state index is 0.188. The molecule has 9 nitrogen and oxygen atoms in total. The van der Waals surface area contributed by atoms with Gasteiger partial charge in [0.1, 0.15) is 24.4 Å². The highest BCUT2D eigenvalue weighted by Gasteiger charge is 2.44. The number of carbonyl (C=O) groups excluding carboxylic acids is 1. The van der Waals surface area contributed by atoms with E-state index in [1.165, 1.54) is 231 Å². The van der Waals surface area contributed by atoms with E-state index in [0.717, 1.165) is 77.0 Å². The standard InChI is InChI=1S/C77H137NO8/c1-3-5-7-9-11-13-15-17-19-21-23-25-27-29-31-33-34-35-36-37-38-39-41-43-45-47-49-51-53-55-57-59-61-63-65-67-73(81)78-70(69-85-77-76(84)75(83)74(82)72(68-79)86-77)71(80)66-64-62-60-58-56-54-52-50-48-46-44-42-40-32-30-28-26-24-22-20-18-16-14-12-10-8-6-4-2/h5,7,11,13,17,19,23,25,29,31,48,50,56,58,64,66,70-72,74-77,79-80,82-84H,3-4,6,8-10,12,14-16,18,20-22,24,26-28,30,32-47,49,51-55,57,59-63,65,67-69H2,1-2H3,(H,78,81)/b7-5-,13-11-,19-17-,25-23-,31-29-,50-48+,58-56+,66-64+. The molecule has 0 aromatic rings. The second kappa shape index (κ2) is 65.1. The van der Waals surface area contributed by atoms with Gasteiger partial charge in [0, 0.05) is 6.42 Å². The van der Waals surface area contributed by atoms with Crippen LogP contribution in [0.3, 0.4) is 0 Å². The zero-order chi connectivity index (χ0) is 62.1. The lowest BCUT2D eigenvalue weighted by molar-refractivity contribution is -0.302.